The predicted molar refractivity (Wildman–Crippen MR) is 80.5 cm³/mol. The zero-order valence-electron chi connectivity index (χ0n) is 11.3. The van der Waals surface area contributed by atoms with Crippen molar-refractivity contribution >= 4 is 23.2 Å². The number of benzene rings is 2. The van der Waals surface area contributed by atoms with E-state index in [9.17, 15) is 9.59 Å². The quantitative estimate of drug-likeness (QED) is 0.664. The summed E-state index contributed by atoms with van der Waals surface area (Å²) in [6, 6.07) is 17.9. The van der Waals surface area contributed by atoms with Crippen LogP contribution in [0.25, 0.3) is 0 Å². The van der Waals surface area contributed by atoms with E-state index >= 15 is 0 Å². The Bertz CT molecular complexity index is 643. The minimum atomic E-state index is -0.557. The van der Waals surface area contributed by atoms with Crippen LogP contribution in [0.5, 0.6) is 0 Å². The number of para-hydroxylation sites is 2. The smallest absolute Gasteiger partial charge is 0.253 e. The van der Waals surface area contributed by atoms with Gasteiger partial charge in [-0.05, 0) is 24.3 Å². The van der Waals surface area contributed by atoms with Crippen molar-refractivity contribution in [2.45, 2.75) is 12.5 Å². The molecule has 2 aromatic carbocycles. The van der Waals surface area contributed by atoms with Crippen LogP contribution in [0.2, 0.25) is 0 Å². The van der Waals surface area contributed by atoms with Gasteiger partial charge in [-0.2, -0.15) is 0 Å². The molecule has 0 spiro atoms. The average Bonchev–Trinajstić information content (AvgIpc) is 2.81. The molecule has 1 atom stereocenters. The highest BCUT2D eigenvalue weighted by Crippen LogP contribution is 2.22. The Hall–Kier alpha value is -2.66. The second kappa shape index (κ2) is 5.76. The molecule has 0 radical (unpaired) electrons. The number of hydrogen-bond acceptors (Lipinski definition) is 4. The van der Waals surface area contributed by atoms with E-state index in [0.717, 1.165) is 5.69 Å². The zero-order chi connectivity index (χ0) is 14.7. The molecule has 1 aliphatic rings. The number of hydrazine groups is 1. The molecule has 0 aromatic heterocycles. The van der Waals surface area contributed by atoms with Crippen molar-refractivity contribution < 1.29 is 9.59 Å². The van der Waals surface area contributed by atoms with E-state index in [0.29, 0.717) is 5.69 Å². The lowest BCUT2D eigenvalue weighted by Crippen LogP contribution is -2.41. The molecule has 5 nitrogen and oxygen atoms in total. The van der Waals surface area contributed by atoms with Crippen LogP contribution in [0.1, 0.15) is 6.42 Å². The van der Waals surface area contributed by atoms with E-state index in [2.05, 4.69) is 10.9 Å². The van der Waals surface area contributed by atoms with Crippen LogP contribution in [0.4, 0.5) is 11.4 Å². The first-order valence-electron chi connectivity index (χ1n) is 6.74. The third kappa shape index (κ3) is 2.78. The second-order valence-electron chi connectivity index (χ2n) is 4.80. The molecule has 3 rings (SSSR count). The molecular weight excluding hydrogens is 266 g/mol. The number of imide groups is 1. The molecule has 1 fully saturated rings. The first-order chi connectivity index (χ1) is 10.3. The predicted octanol–water partition coefficient (Wildman–Crippen LogP) is 1.94. The van der Waals surface area contributed by atoms with Gasteiger partial charge in [-0.3, -0.25) is 9.59 Å². The molecule has 0 bridgehead atoms. The van der Waals surface area contributed by atoms with Crippen LogP contribution in [0.3, 0.4) is 0 Å². The summed E-state index contributed by atoms with van der Waals surface area (Å²) < 4.78 is 0. The fourth-order valence-corrected chi connectivity index (χ4v) is 2.28. The maximum atomic E-state index is 12.3. The lowest BCUT2D eigenvalue weighted by Gasteiger charge is -2.16. The van der Waals surface area contributed by atoms with Gasteiger partial charge in [0.05, 0.1) is 12.1 Å². The first kappa shape index (κ1) is 13.3. The van der Waals surface area contributed by atoms with Gasteiger partial charge in [-0.15, -0.1) is 0 Å². The summed E-state index contributed by atoms with van der Waals surface area (Å²) in [5, 5.41) is 0. The van der Waals surface area contributed by atoms with Crippen molar-refractivity contribution in [3.63, 3.8) is 0 Å². The van der Waals surface area contributed by atoms with Gasteiger partial charge in [0.2, 0.25) is 5.91 Å². The minimum absolute atomic E-state index is 0.146. The molecule has 0 aliphatic carbocycles. The molecular formula is C16H15N3O2. The van der Waals surface area contributed by atoms with Gasteiger partial charge in [0.1, 0.15) is 6.04 Å². The fraction of sp³-hybridized carbons (Fsp3) is 0.125. The van der Waals surface area contributed by atoms with E-state index in [1.807, 2.05) is 36.4 Å². The average molecular weight is 281 g/mol. The van der Waals surface area contributed by atoms with Crippen LogP contribution >= 0.6 is 0 Å². The number of nitrogens with one attached hydrogen (secondary N) is 2. The van der Waals surface area contributed by atoms with E-state index in [4.69, 9.17) is 0 Å². The highest BCUT2D eigenvalue weighted by atomic mass is 16.2. The number of anilines is 2. The van der Waals surface area contributed by atoms with Crippen LogP contribution in [-0.4, -0.2) is 17.9 Å². The molecule has 1 aliphatic heterocycles. The van der Waals surface area contributed by atoms with E-state index in [-0.39, 0.29) is 18.2 Å². The molecule has 2 N–H and O–H groups in total. The number of carbonyl (C=O) groups is 2. The fourth-order valence-electron chi connectivity index (χ4n) is 2.28. The monoisotopic (exact) mass is 281 g/mol. The summed E-state index contributed by atoms with van der Waals surface area (Å²) in [5.41, 5.74) is 7.33. The Morgan fingerprint density at radius 1 is 0.905 bits per heavy atom. The van der Waals surface area contributed by atoms with Gasteiger partial charge in [0, 0.05) is 5.69 Å². The summed E-state index contributed by atoms with van der Waals surface area (Å²) >= 11 is 0. The Kier molecular flexibility index (Phi) is 3.66. The largest absolute Gasteiger partial charge is 0.321 e. The maximum absolute atomic E-state index is 12.3. The Morgan fingerprint density at radius 2 is 1.52 bits per heavy atom. The van der Waals surface area contributed by atoms with E-state index < -0.39 is 6.04 Å². The lowest BCUT2D eigenvalue weighted by atomic mass is 10.2. The van der Waals surface area contributed by atoms with Crippen molar-refractivity contribution in [1.82, 2.24) is 5.43 Å². The van der Waals surface area contributed by atoms with Gasteiger partial charge in [-0.25, -0.2) is 10.3 Å². The summed E-state index contributed by atoms with van der Waals surface area (Å²) in [6.45, 7) is 0. The molecule has 2 aromatic rings. The lowest BCUT2D eigenvalue weighted by molar-refractivity contribution is -0.121. The SMILES string of the molecule is O=C1C[C@H](NNc2ccccc2)C(=O)N1c1ccccc1. The zero-order valence-corrected chi connectivity index (χ0v) is 11.3. The van der Waals surface area contributed by atoms with E-state index in [1.165, 1.54) is 4.90 Å². The Labute approximate surface area is 122 Å². The van der Waals surface area contributed by atoms with Crippen LogP contribution in [-0.2, 0) is 9.59 Å². The highest BCUT2D eigenvalue weighted by molar-refractivity contribution is 6.22. The Balaban J connectivity index is 1.69. The standard InChI is InChI=1S/C16H15N3O2/c20-15-11-14(18-17-12-7-3-1-4-8-12)16(21)19(15)13-9-5-2-6-10-13/h1-10,14,17-18H,11H2/t14-/m0/s1. The van der Waals surface area contributed by atoms with Crippen LogP contribution < -0.4 is 15.8 Å². The van der Waals surface area contributed by atoms with Gasteiger partial charge in [-0.1, -0.05) is 36.4 Å². The number of carbonyl (C=O) groups excluding carboxylic acids is 2. The summed E-state index contributed by atoms with van der Waals surface area (Å²) in [5.74, 6) is -0.437. The molecule has 2 amide bonds. The minimum Gasteiger partial charge on any atom is -0.321 e. The summed E-state index contributed by atoms with van der Waals surface area (Å²) in [4.78, 5) is 25.6. The van der Waals surface area contributed by atoms with Gasteiger partial charge in [0.15, 0.2) is 0 Å². The van der Waals surface area contributed by atoms with Gasteiger partial charge < -0.3 is 5.43 Å². The number of nitrogens with zero attached hydrogens (tertiary/aromatic N) is 1. The molecule has 21 heavy (non-hydrogen) atoms. The molecule has 1 saturated heterocycles. The van der Waals surface area contributed by atoms with Crippen molar-refractivity contribution in [3.05, 3.63) is 60.7 Å². The van der Waals surface area contributed by atoms with Gasteiger partial charge in [0.25, 0.3) is 5.91 Å². The molecule has 1 heterocycles. The third-order valence-corrected chi connectivity index (χ3v) is 3.33. The number of hydrogen-bond donors (Lipinski definition) is 2. The van der Waals surface area contributed by atoms with Crippen LogP contribution in [0, 0.1) is 0 Å². The second-order valence-corrected chi connectivity index (χ2v) is 4.80. The molecule has 0 unspecified atom stereocenters. The van der Waals surface area contributed by atoms with Crippen molar-refractivity contribution in [1.29, 1.82) is 0 Å². The third-order valence-electron chi connectivity index (χ3n) is 3.33. The molecule has 5 heteroatoms. The normalized spacial score (nSPS) is 18.1. The highest BCUT2D eigenvalue weighted by Gasteiger charge is 2.39. The van der Waals surface area contributed by atoms with Crippen LogP contribution in [0.15, 0.2) is 60.7 Å². The van der Waals surface area contributed by atoms with Crippen molar-refractivity contribution in [3.8, 4) is 0 Å². The van der Waals surface area contributed by atoms with Gasteiger partial charge >= 0.3 is 0 Å². The van der Waals surface area contributed by atoms with Crippen molar-refractivity contribution in [2.24, 2.45) is 0 Å². The van der Waals surface area contributed by atoms with E-state index in [1.54, 1.807) is 24.3 Å². The Morgan fingerprint density at radius 3 is 2.19 bits per heavy atom. The summed E-state index contributed by atoms with van der Waals surface area (Å²) in [7, 11) is 0. The maximum Gasteiger partial charge on any atom is 0.253 e. The number of rotatable bonds is 4. The first-order valence-corrected chi connectivity index (χ1v) is 6.74. The topological polar surface area (TPSA) is 61.4 Å². The molecule has 0 saturated carbocycles. The summed E-state index contributed by atoms with van der Waals surface area (Å²) in [6.07, 6.45) is 0.146. The molecule has 106 valence electrons. The number of amides is 2. The van der Waals surface area contributed by atoms with Crippen molar-refractivity contribution in [2.75, 3.05) is 10.3 Å².